The SMILES string of the molecule is CC(C)[C@H](Cn1nccn1)NS(=O)(=O)c1ccccc1. The molecule has 1 heterocycles. The van der Waals surface area contributed by atoms with Crippen molar-refractivity contribution >= 4 is 10.0 Å². The molecule has 20 heavy (non-hydrogen) atoms. The fourth-order valence-corrected chi connectivity index (χ4v) is 3.16. The van der Waals surface area contributed by atoms with Crippen molar-refractivity contribution in [2.75, 3.05) is 0 Å². The number of aromatic nitrogens is 3. The lowest BCUT2D eigenvalue weighted by Crippen LogP contribution is -2.41. The van der Waals surface area contributed by atoms with E-state index in [1.807, 2.05) is 13.8 Å². The van der Waals surface area contributed by atoms with Crippen LogP contribution in [0.2, 0.25) is 0 Å². The van der Waals surface area contributed by atoms with Crippen molar-refractivity contribution in [3.05, 3.63) is 42.7 Å². The van der Waals surface area contributed by atoms with E-state index >= 15 is 0 Å². The third-order valence-corrected chi connectivity index (χ3v) is 4.50. The maximum absolute atomic E-state index is 12.3. The molecule has 0 saturated heterocycles. The van der Waals surface area contributed by atoms with Gasteiger partial charge in [-0.05, 0) is 18.1 Å². The minimum Gasteiger partial charge on any atom is -0.207 e. The van der Waals surface area contributed by atoms with Crippen LogP contribution in [0.3, 0.4) is 0 Å². The van der Waals surface area contributed by atoms with Gasteiger partial charge in [-0.3, -0.25) is 0 Å². The summed E-state index contributed by atoms with van der Waals surface area (Å²) in [7, 11) is -3.53. The molecule has 0 amide bonds. The number of hydrogen-bond acceptors (Lipinski definition) is 4. The molecular weight excluding hydrogens is 276 g/mol. The molecule has 1 atom stereocenters. The zero-order valence-corrected chi connectivity index (χ0v) is 12.3. The molecule has 0 aliphatic rings. The molecule has 0 aliphatic carbocycles. The second-order valence-electron chi connectivity index (χ2n) is 4.87. The summed E-state index contributed by atoms with van der Waals surface area (Å²) in [4.78, 5) is 1.75. The highest BCUT2D eigenvalue weighted by atomic mass is 32.2. The van der Waals surface area contributed by atoms with Gasteiger partial charge in [0.15, 0.2) is 0 Å². The molecular formula is C13H18N4O2S. The predicted octanol–water partition coefficient (Wildman–Crippen LogP) is 1.28. The maximum atomic E-state index is 12.3. The molecule has 0 radical (unpaired) electrons. The van der Waals surface area contributed by atoms with Crippen LogP contribution in [0.1, 0.15) is 13.8 Å². The van der Waals surface area contributed by atoms with Crippen molar-refractivity contribution in [3.63, 3.8) is 0 Å². The van der Waals surface area contributed by atoms with Gasteiger partial charge in [0.25, 0.3) is 0 Å². The summed E-state index contributed by atoms with van der Waals surface area (Å²) in [5.41, 5.74) is 0. The van der Waals surface area contributed by atoms with Crippen molar-refractivity contribution in [1.82, 2.24) is 19.7 Å². The van der Waals surface area contributed by atoms with Gasteiger partial charge in [0.1, 0.15) is 0 Å². The quantitative estimate of drug-likeness (QED) is 0.870. The van der Waals surface area contributed by atoms with Crippen molar-refractivity contribution in [2.24, 2.45) is 5.92 Å². The summed E-state index contributed by atoms with van der Waals surface area (Å²) in [5.74, 6) is 0.125. The molecule has 0 aliphatic heterocycles. The summed E-state index contributed by atoms with van der Waals surface area (Å²) < 4.78 is 27.3. The van der Waals surface area contributed by atoms with Crippen LogP contribution in [-0.4, -0.2) is 29.5 Å². The van der Waals surface area contributed by atoms with E-state index in [9.17, 15) is 8.42 Å². The van der Waals surface area contributed by atoms with Crippen LogP contribution < -0.4 is 4.72 Å². The Morgan fingerprint density at radius 3 is 2.30 bits per heavy atom. The second-order valence-corrected chi connectivity index (χ2v) is 6.58. The minimum atomic E-state index is -3.53. The monoisotopic (exact) mass is 294 g/mol. The van der Waals surface area contributed by atoms with Gasteiger partial charge in [-0.1, -0.05) is 32.0 Å². The third kappa shape index (κ3) is 3.64. The topological polar surface area (TPSA) is 76.9 Å². The summed E-state index contributed by atoms with van der Waals surface area (Å²) in [6.07, 6.45) is 3.15. The summed E-state index contributed by atoms with van der Waals surface area (Å²) in [5, 5.41) is 8.02. The van der Waals surface area contributed by atoms with Crippen molar-refractivity contribution in [2.45, 2.75) is 31.3 Å². The van der Waals surface area contributed by atoms with E-state index in [-0.39, 0.29) is 16.9 Å². The highest BCUT2D eigenvalue weighted by Crippen LogP contribution is 2.12. The Kier molecular flexibility index (Phi) is 4.51. The van der Waals surface area contributed by atoms with Crippen LogP contribution in [0.25, 0.3) is 0 Å². The Bertz CT molecular complexity index is 624. The van der Waals surface area contributed by atoms with Gasteiger partial charge in [-0.15, -0.1) is 0 Å². The number of rotatable bonds is 6. The number of benzene rings is 1. The fraction of sp³-hybridized carbons (Fsp3) is 0.385. The van der Waals surface area contributed by atoms with E-state index in [1.165, 1.54) is 4.80 Å². The number of nitrogens with zero attached hydrogens (tertiary/aromatic N) is 3. The van der Waals surface area contributed by atoms with Crippen LogP contribution in [0.4, 0.5) is 0 Å². The number of nitrogens with one attached hydrogen (secondary N) is 1. The van der Waals surface area contributed by atoms with Crippen LogP contribution in [0.15, 0.2) is 47.6 Å². The molecule has 0 bridgehead atoms. The first-order valence-corrected chi connectivity index (χ1v) is 7.89. The Hall–Kier alpha value is -1.73. The van der Waals surface area contributed by atoms with Crippen LogP contribution in [0.5, 0.6) is 0 Å². The first-order chi connectivity index (χ1) is 9.49. The average Bonchev–Trinajstić information content (AvgIpc) is 2.91. The summed E-state index contributed by atoms with van der Waals surface area (Å²) >= 11 is 0. The van der Waals surface area contributed by atoms with Gasteiger partial charge >= 0.3 is 0 Å². The molecule has 1 aromatic carbocycles. The molecule has 7 heteroatoms. The molecule has 0 saturated carbocycles. The number of hydrogen-bond donors (Lipinski definition) is 1. The first kappa shape index (κ1) is 14.7. The van der Waals surface area contributed by atoms with Gasteiger partial charge in [-0.2, -0.15) is 15.0 Å². The van der Waals surface area contributed by atoms with E-state index in [0.29, 0.717) is 6.54 Å². The minimum absolute atomic E-state index is 0.125. The smallest absolute Gasteiger partial charge is 0.207 e. The Labute approximate surface area is 118 Å². The van der Waals surface area contributed by atoms with E-state index in [0.717, 1.165) is 0 Å². The van der Waals surface area contributed by atoms with E-state index < -0.39 is 10.0 Å². The molecule has 6 nitrogen and oxygen atoms in total. The Balaban J connectivity index is 2.16. The van der Waals surface area contributed by atoms with E-state index in [4.69, 9.17) is 0 Å². The third-order valence-electron chi connectivity index (χ3n) is 2.99. The van der Waals surface area contributed by atoms with Crippen LogP contribution in [-0.2, 0) is 16.6 Å². The number of sulfonamides is 1. The van der Waals surface area contributed by atoms with Gasteiger partial charge in [0, 0.05) is 6.04 Å². The van der Waals surface area contributed by atoms with E-state index in [1.54, 1.807) is 42.7 Å². The van der Waals surface area contributed by atoms with Gasteiger partial charge in [0.2, 0.25) is 10.0 Å². The average molecular weight is 294 g/mol. The van der Waals surface area contributed by atoms with Crippen molar-refractivity contribution in [1.29, 1.82) is 0 Å². The Morgan fingerprint density at radius 1 is 1.15 bits per heavy atom. The van der Waals surface area contributed by atoms with Gasteiger partial charge in [-0.25, -0.2) is 13.1 Å². The zero-order valence-electron chi connectivity index (χ0n) is 11.5. The van der Waals surface area contributed by atoms with Crippen molar-refractivity contribution < 1.29 is 8.42 Å². The summed E-state index contributed by atoms with van der Waals surface area (Å²) in [6, 6.07) is 8.07. The molecule has 2 rings (SSSR count). The Morgan fingerprint density at radius 2 is 1.75 bits per heavy atom. The van der Waals surface area contributed by atoms with Crippen LogP contribution >= 0.6 is 0 Å². The fourth-order valence-electron chi connectivity index (χ4n) is 1.76. The zero-order chi connectivity index (χ0) is 14.6. The predicted molar refractivity (Wildman–Crippen MR) is 75.4 cm³/mol. The van der Waals surface area contributed by atoms with Gasteiger partial charge in [0.05, 0.1) is 23.8 Å². The van der Waals surface area contributed by atoms with Gasteiger partial charge < -0.3 is 0 Å². The first-order valence-electron chi connectivity index (χ1n) is 6.40. The summed E-state index contributed by atoms with van der Waals surface area (Å²) in [6.45, 7) is 4.32. The molecule has 0 unspecified atom stereocenters. The lowest BCUT2D eigenvalue weighted by Gasteiger charge is -2.21. The van der Waals surface area contributed by atoms with E-state index in [2.05, 4.69) is 14.9 Å². The molecule has 2 aromatic rings. The molecule has 1 N–H and O–H groups in total. The molecule has 0 fully saturated rings. The second kappa shape index (κ2) is 6.15. The molecule has 108 valence electrons. The highest BCUT2D eigenvalue weighted by molar-refractivity contribution is 7.89. The largest absolute Gasteiger partial charge is 0.240 e. The van der Waals surface area contributed by atoms with Crippen molar-refractivity contribution in [3.8, 4) is 0 Å². The lowest BCUT2D eigenvalue weighted by molar-refractivity contribution is 0.361. The molecule has 1 aromatic heterocycles. The molecule has 0 spiro atoms. The maximum Gasteiger partial charge on any atom is 0.240 e. The highest BCUT2D eigenvalue weighted by Gasteiger charge is 2.23. The van der Waals surface area contributed by atoms with Crippen LogP contribution in [0, 0.1) is 5.92 Å². The lowest BCUT2D eigenvalue weighted by atomic mass is 10.1. The normalized spacial score (nSPS) is 13.6. The standard InChI is InChI=1S/C13H18N4O2S/c1-11(2)13(10-17-14-8-9-15-17)16-20(18,19)12-6-4-3-5-7-12/h3-9,11,13,16H,10H2,1-2H3/t13-/m0/s1.